The van der Waals surface area contributed by atoms with Crippen LogP contribution in [0.25, 0.3) is 0 Å². The Morgan fingerprint density at radius 1 is 1.50 bits per heavy atom. The summed E-state index contributed by atoms with van der Waals surface area (Å²) in [4.78, 5) is 13.5. The zero-order valence-corrected chi connectivity index (χ0v) is 11.1. The lowest BCUT2D eigenvalue weighted by Gasteiger charge is -2.24. The fraction of sp³-hybridized carbons (Fsp3) is 0.500. The smallest absolute Gasteiger partial charge is 0.410 e. The van der Waals surface area contributed by atoms with Crippen LogP contribution in [0.4, 0.5) is 4.79 Å². The Kier molecular flexibility index (Phi) is 3.75. The van der Waals surface area contributed by atoms with Gasteiger partial charge in [-0.2, -0.15) is 0 Å². The van der Waals surface area contributed by atoms with E-state index >= 15 is 0 Å². The molecule has 2 rings (SSSR count). The zero-order chi connectivity index (χ0) is 13.1. The maximum atomic E-state index is 11.7. The van der Waals surface area contributed by atoms with Gasteiger partial charge >= 0.3 is 6.09 Å². The molecule has 0 aliphatic carbocycles. The second-order valence-electron chi connectivity index (χ2n) is 4.87. The first kappa shape index (κ1) is 12.7. The predicted octanol–water partition coefficient (Wildman–Crippen LogP) is 2.67. The highest BCUT2D eigenvalue weighted by atomic mass is 16.6. The van der Waals surface area contributed by atoms with Crippen molar-refractivity contribution in [3.63, 3.8) is 0 Å². The van der Waals surface area contributed by atoms with Crippen LogP contribution in [-0.2, 0) is 11.3 Å². The summed E-state index contributed by atoms with van der Waals surface area (Å²) in [6.07, 6.45) is -0.225. The summed E-state index contributed by atoms with van der Waals surface area (Å²) in [6.45, 7) is 5.26. The summed E-state index contributed by atoms with van der Waals surface area (Å²) in [6, 6.07) is 7.92. The van der Waals surface area contributed by atoms with Gasteiger partial charge in [0.1, 0.15) is 12.4 Å². The van der Waals surface area contributed by atoms with Gasteiger partial charge in [-0.3, -0.25) is 4.90 Å². The van der Waals surface area contributed by atoms with Crippen molar-refractivity contribution in [2.45, 2.75) is 26.4 Å². The Bertz CT molecular complexity index is 431. The average Bonchev–Trinajstić information content (AvgIpc) is 2.71. The van der Waals surface area contributed by atoms with Crippen LogP contribution in [0.2, 0.25) is 0 Å². The van der Waals surface area contributed by atoms with Crippen molar-refractivity contribution in [2.75, 3.05) is 13.7 Å². The molecule has 1 heterocycles. The van der Waals surface area contributed by atoms with E-state index in [4.69, 9.17) is 9.47 Å². The van der Waals surface area contributed by atoms with E-state index in [-0.39, 0.29) is 12.1 Å². The van der Waals surface area contributed by atoms with Crippen molar-refractivity contribution in [1.82, 2.24) is 4.90 Å². The Morgan fingerprint density at radius 3 is 2.94 bits per heavy atom. The minimum Gasteiger partial charge on any atom is -0.497 e. The summed E-state index contributed by atoms with van der Waals surface area (Å²) < 4.78 is 10.3. The summed E-state index contributed by atoms with van der Waals surface area (Å²) in [5, 5.41) is 0. The molecule has 4 heteroatoms. The molecular weight excluding hydrogens is 230 g/mol. The first-order chi connectivity index (χ1) is 8.61. The van der Waals surface area contributed by atoms with E-state index < -0.39 is 0 Å². The number of carbonyl (C=O) groups excluding carboxylic acids is 1. The van der Waals surface area contributed by atoms with E-state index in [9.17, 15) is 4.79 Å². The zero-order valence-electron chi connectivity index (χ0n) is 11.1. The van der Waals surface area contributed by atoms with Crippen LogP contribution < -0.4 is 4.74 Å². The topological polar surface area (TPSA) is 38.8 Å². The third kappa shape index (κ3) is 2.58. The number of methoxy groups -OCH3 is 1. The maximum absolute atomic E-state index is 11.7. The second kappa shape index (κ2) is 5.29. The molecule has 1 aromatic carbocycles. The SMILES string of the molecule is COc1cccc(CN2C(=O)OCC2C(C)C)c1. The summed E-state index contributed by atoms with van der Waals surface area (Å²) in [5.41, 5.74) is 1.05. The van der Waals surface area contributed by atoms with Crippen LogP contribution in [0.5, 0.6) is 5.75 Å². The molecular formula is C14H19NO3. The minimum absolute atomic E-state index is 0.156. The van der Waals surface area contributed by atoms with Crippen LogP contribution in [-0.4, -0.2) is 30.8 Å². The lowest BCUT2D eigenvalue weighted by Crippen LogP contribution is -2.36. The second-order valence-corrected chi connectivity index (χ2v) is 4.87. The third-order valence-corrected chi connectivity index (χ3v) is 3.27. The molecule has 0 saturated carbocycles. The fourth-order valence-electron chi connectivity index (χ4n) is 2.17. The molecule has 0 N–H and O–H groups in total. The van der Waals surface area contributed by atoms with Gasteiger partial charge in [0.15, 0.2) is 0 Å². The summed E-state index contributed by atoms with van der Waals surface area (Å²) in [7, 11) is 1.64. The number of hydrogen-bond acceptors (Lipinski definition) is 3. The number of cyclic esters (lactones) is 1. The molecule has 1 aromatic rings. The van der Waals surface area contributed by atoms with Gasteiger partial charge in [-0.1, -0.05) is 26.0 Å². The minimum atomic E-state index is -0.225. The number of ether oxygens (including phenoxy) is 2. The van der Waals surface area contributed by atoms with Crippen molar-refractivity contribution >= 4 is 6.09 Å². The van der Waals surface area contributed by atoms with E-state index in [1.54, 1.807) is 12.0 Å². The molecule has 0 aromatic heterocycles. The van der Waals surface area contributed by atoms with Gasteiger partial charge < -0.3 is 9.47 Å². The van der Waals surface area contributed by atoms with Crippen LogP contribution in [0.3, 0.4) is 0 Å². The Morgan fingerprint density at radius 2 is 2.28 bits per heavy atom. The molecule has 0 radical (unpaired) electrons. The van der Waals surface area contributed by atoms with E-state index in [1.165, 1.54) is 0 Å². The monoisotopic (exact) mass is 249 g/mol. The Labute approximate surface area is 107 Å². The van der Waals surface area contributed by atoms with Gasteiger partial charge in [0.2, 0.25) is 0 Å². The Hall–Kier alpha value is -1.71. The molecule has 18 heavy (non-hydrogen) atoms. The number of nitrogens with zero attached hydrogens (tertiary/aromatic N) is 1. The predicted molar refractivity (Wildman–Crippen MR) is 68.5 cm³/mol. The number of benzene rings is 1. The molecule has 1 fully saturated rings. The average molecular weight is 249 g/mol. The highest BCUT2D eigenvalue weighted by Gasteiger charge is 2.34. The molecule has 1 amide bonds. The normalized spacial score (nSPS) is 19.2. The fourth-order valence-corrected chi connectivity index (χ4v) is 2.17. The molecule has 1 atom stereocenters. The molecule has 0 spiro atoms. The van der Waals surface area contributed by atoms with Crippen LogP contribution >= 0.6 is 0 Å². The first-order valence-corrected chi connectivity index (χ1v) is 6.18. The van der Waals surface area contributed by atoms with Crippen molar-refractivity contribution in [3.05, 3.63) is 29.8 Å². The van der Waals surface area contributed by atoms with Crippen molar-refractivity contribution in [1.29, 1.82) is 0 Å². The molecule has 4 nitrogen and oxygen atoms in total. The standard InChI is InChI=1S/C14H19NO3/c1-10(2)13-9-18-14(16)15(13)8-11-5-4-6-12(7-11)17-3/h4-7,10,13H,8-9H2,1-3H3. The number of carbonyl (C=O) groups is 1. The number of amides is 1. The molecule has 1 saturated heterocycles. The van der Waals surface area contributed by atoms with Gasteiger partial charge in [0.05, 0.1) is 13.2 Å². The van der Waals surface area contributed by atoms with Crippen LogP contribution in [0.15, 0.2) is 24.3 Å². The number of rotatable bonds is 4. The highest BCUT2D eigenvalue weighted by molar-refractivity contribution is 5.70. The molecule has 98 valence electrons. The van der Waals surface area contributed by atoms with Crippen molar-refractivity contribution in [3.8, 4) is 5.75 Å². The van der Waals surface area contributed by atoms with E-state index in [0.717, 1.165) is 11.3 Å². The van der Waals surface area contributed by atoms with E-state index in [0.29, 0.717) is 19.1 Å². The van der Waals surface area contributed by atoms with Crippen LogP contribution in [0.1, 0.15) is 19.4 Å². The van der Waals surface area contributed by atoms with Gasteiger partial charge in [-0.05, 0) is 23.6 Å². The maximum Gasteiger partial charge on any atom is 0.410 e. The first-order valence-electron chi connectivity index (χ1n) is 6.18. The van der Waals surface area contributed by atoms with Gasteiger partial charge in [-0.25, -0.2) is 4.79 Å². The third-order valence-electron chi connectivity index (χ3n) is 3.27. The lowest BCUT2D eigenvalue weighted by atomic mass is 10.0. The van der Waals surface area contributed by atoms with Crippen LogP contribution in [0, 0.1) is 5.92 Å². The van der Waals surface area contributed by atoms with Crippen molar-refractivity contribution < 1.29 is 14.3 Å². The number of hydrogen-bond donors (Lipinski definition) is 0. The largest absolute Gasteiger partial charge is 0.497 e. The van der Waals surface area contributed by atoms with E-state index in [2.05, 4.69) is 13.8 Å². The van der Waals surface area contributed by atoms with Gasteiger partial charge in [0.25, 0.3) is 0 Å². The highest BCUT2D eigenvalue weighted by Crippen LogP contribution is 2.23. The quantitative estimate of drug-likeness (QED) is 0.823. The Balaban J connectivity index is 2.13. The molecule has 0 bridgehead atoms. The molecule has 1 aliphatic heterocycles. The lowest BCUT2D eigenvalue weighted by molar-refractivity contribution is 0.155. The summed E-state index contributed by atoms with van der Waals surface area (Å²) in [5.74, 6) is 1.20. The van der Waals surface area contributed by atoms with Gasteiger partial charge in [-0.15, -0.1) is 0 Å². The van der Waals surface area contributed by atoms with Gasteiger partial charge in [0, 0.05) is 6.54 Å². The van der Waals surface area contributed by atoms with Crippen molar-refractivity contribution in [2.24, 2.45) is 5.92 Å². The molecule has 1 unspecified atom stereocenters. The van der Waals surface area contributed by atoms with E-state index in [1.807, 2.05) is 24.3 Å². The summed E-state index contributed by atoms with van der Waals surface area (Å²) >= 11 is 0. The molecule has 1 aliphatic rings.